The Hall–Kier alpha value is -0.970. The predicted molar refractivity (Wildman–Crippen MR) is 81.7 cm³/mol. The van der Waals surface area contributed by atoms with E-state index in [0.29, 0.717) is 23.2 Å². The molecule has 0 atom stereocenters. The van der Waals surface area contributed by atoms with E-state index in [2.05, 4.69) is 9.80 Å². The van der Waals surface area contributed by atoms with Gasteiger partial charge in [-0.15, -0.1) is 0 Å². The average molecular weight is 317 g/mol. The normalized spacial score (nSPS) is 16.2. The van der Waals surface area contributed by atoms with Crippen LogP contribution in [0.25, 0.3) is 0 Å². The van der Waals surface area contributed by atoms with Gasteiger partial charge >= 0.3 is 5.97 Å². The minimum atomic E-state index is -0.160. The number of hydrogen-bond donors (Lipinski definition) is 0. The summed E-state index contributed by atoms with van der Waals surface area (Å²) in [7, 11) is 0. The van der Waals surface area contributed by atoms with Crippen molar-refractivity contribution in [2.75, 3.05) is 44.2 Å². The monoisotopic (exact) mass is 316 g/mol. The largest absolute Gasteiger partial charge is 0.465 e. The summed E-state index contributed by atoms with van der Waals surface area (Å²) in [5.74, 6) is -0.160. The zero-order chi connectivity index (χ0) is 14.5. The van der Waals surface area contributed by atoms with Crippen LogP contribution in [0.2, 0.25) is 10.0 Å². The molecular weight excluding hydrogens is 299 g/mol. The number of halogens is 2. The minimum Gasteiger partial charge on any atom is -0.465 e. The topological polar surface area (TPSA) is 32.8 Å². The van der Waals surface area contributed by atoms with Gasteiger partial charge in [0.15, 0.2) is 0 Å². The van der Waals surface area contributed by atoms with E-state index in [1.54, 1.807) is 6.07 Å². The van der Waals surface area contributed by atoms with E-state index in [0.717, 1.165) is 31.9 Å². The number of anilines is 1. The minimum absolute atomic E-state index is 0.160. The van der Waals surface area contributed by atoms with E-state index in [9.17, 15) is 4.79 Å². The number of benzene rings is 1. The molecule has 4 nitrogen and oxygen atoms in total. The highest BCUT2D eigenvalue weighted by Gasteiger charge is 2.20. The lowest BCUT2D eigenvalue weighted by atomic mass is 10.2. The van der Waals surface area contributed by atoms with Crippen molar-refractivity contribution in [3.05, 3.63) is 28.2 Å². The van der Waals surface area contributed by atoms with Crippen LogP contribution < -0.4 is 4.90 Å². The van der Waals surface area contributed by atoms with Gasteiger partial charge in [0.1, 0.15) is 0 Å². The van der Waals surface area contributed by atoms with Crippen LogP contribution in [0.4, 0.5) is 5.69 Å². The van der Waals surface area contributed by atoms with E-state index in [4.69, 9.17) is 27.9 Å². The summed E-state index contributed by atoms with van der Waals surface area (Å²) in [5.41, 5.74) is 1.03. The molecule has 110 valence electrons. The summed E-state index contributed by atoms with van der Waals surface area (Å²) in [5, 5.41) is 1.28. The zero-order valence-corrected chi connectivity index (χ0v) is 13.0. The first-order valence-corrected chi connectivity index (χ1v) is 7.43. The van der Waals surface area contributed by atoms with E-state index in [1.807, 2.05) is 19.1 Å². The molecule has 0 saturated carbocycles. The maximum absolute atomic E-state index is 11.4. The van der Waals surface area contributed by atoms with Crippen molar-refractivity contribution in [1.82, 2.24) is 4.90 Å². The summed E-state index contributed by atoms with van der Waals surface area (Å²) in [6, 6.07) is 5.55. The molecule has 1 fully saturated rings. The molecule has 0 aromatic heterocycles. The van der Waals surface area contributed by atoms with E-state index < -0.39 is 0 Å². The van der Waals surface area contributed by atoms with Gasteiger partial charge in [0.05, 0.1) is 13.2 Å². The highest BCUT2D eigenvalue weighted by Crippen LogP contribution is 2.26. The standard InChI is InChI=1S/C14H18Cl2N2O2/c1-2-20-14(19)10-17-3-5-18(6-4-17)13-8-11(15)7-12(16)9-13/h7-9H,2-6,10H2,1H3. The van der Waals surface area contributed by atoms with Crippen LogP contribution in [-0.4, -0.2) is 50.2 Å². The third-order valence-corrected chi connectivity index (χ3v) is 3.68. The SMILES string of the molecule is CCOC(=O)CN1CCN(c2cc(Cl)cc(Cl)c2)CC1. The lowest BCUT2D eigenvalue weighted by Crippen LogP contribution is -2.48. The second kappa shape index (κ2) is 7.16. The molecule has 20 heavy (non-hydrogen) atoms. The van der Waals surface area contributed by atoms with Crippen molar-refractivity contribution in [3.8, 4) is 0 Å². The third kappa shape index (κ3) is 4.27. The van der Waals surface area contributed by atoms with Gasteiger partial charge in [-0.1, -0.05) is 23.2 Å². The lowest BCUT2D eigenvalue weighted by Gasteiger charge is -2.35. The number of hydrogen-bond acceptors (Lipinski definition) is 4. The van der Waals surface area contributed by atoms with Crippen molar-refractivity contribution in [1.29, 1.82) is 0 Å². The molecule has 0 radical (unpaired) electrons. The number of ether oxygens (including phenoxy) is 1. The number of nitrogens with zero attached hydrogens (tertiary/aromatic N) is 2. The van der Waals surface area contributed by atoms with Crippen LogP contribution in [-0.2, 0) is 9.53 Å². The second-order valence-electron chi connectivity index (χ2n) is 4.70. The molecule has 0 aliphatic carbocycles. The second-order valence-corrected chi connectivity index (χ2v) is 5.57. The van der Waals surface area contributed by atoms with Crippen LogP contribution >= 0.6 is 23.2 Å². The van der Waals surface area contributed by atoms with Gasteiger partial charge in [-0.3, -0.25) is 9.69 Å². The Labute approximate surface area is 129 Å². The summed E-state index contributed by atoms with van der Waals surface area (Å²) in [6.45, 7) is 5.94. The molecule has 1 heterocycles. The van der Waals surface area contributed by atoms with E-state index in [-0.39, 0.29) is 5.97 Å². The van der Waals surface area contributed by atoms with E-state index >= 15 is 0 Å². The summed E-state index contributed by atoms with van der Waals surface area (Å²) in [6.07, 6.45) is 0. The quantitative estimate of drug-likeness (QED) is 0.800. The molecule has 1 aliphatic heterocycles. The summed E-state index contributed by atoms with van der Waals surface area (Å²) >= 11 is 12.0. The van der Waals surface area contributed by atoms with Crippen LogP contribution in [0.15, 0.2) is 18.2 Å². The number of carbonyl (C=O) groups excluding carboxylic acids is 1. The fraction of sp³-hybridized carbons (Fsp3) is 0.500. The Morgan fingerprint density at radius 3 is 2.30 bits per heavy atom. The number of carbonyl (C=O) groups is 1. The molecule has 0 amide bonds. The molecular formula is C14H18Cl2N2O2. The maximum atomic E-state index is 11.4. The molecule has 0 N–H and O–H groups in total. The van der Waals surface area contributed by atoms with Gasteiger partial charge in [-0.25, -0.2) is 0 Å². The van der Waals surface area contributed by atoms with Gasteiger partial charge in [-0.05, 0) is 25.1 Å². The Balaban J connectivity index is 1.89. The number of rotatable bonds is 4. The number of esters is 1. The summed E-state index contributed by atoms with van der Waals surface area (Å²) in [4.78, 5) is 15.8. The van der Waals surface area contributed by atoms with Gasteiger partial charge in [0, 0.05) is 41.9 Å². The van der Waals surface area contributed by atoms with Crippen LogP contribution in [0.5, 0.6) is 0 Å². The molecule has 1 saturated heterocycles. The van der Waals surface area contributed by atoms with Crippen LogP contribution in [0.1, 0.15) is 6.92 Å². The number of piperazine rings is 1. The Morgan fingerprint density at radius 1 is 1.15 bits per heavy atom. The first-order valence-electron chi connectivity index (χ1n) is 6.67. The van der Waals surface area contributed by atoms with Crippen molar-refractivity contribution in [3.63, 3.8) is 0 Å². The Bertz CT molecular complexity index is 454. The maximum Gasteiger partial charge on any atom is 0.320 e. The predicted octanol–water partition coefficient (Wildman–Crippen LogP) is 2.68. The Morgan fingerprint density at radius 2 is 1.75 bits per heavy atom. The van der Waals surface area contributed by atoms with Crippen molar-refractivity contribution >= 4 is 34.9 Å². The Kier molecular flexibility index (Phi) is 5.52. The molecule has 6 heteroatoms. The fourth-order valence-corrected chi connectivity index (χ4v) is 2.79. The lowest BCUT2D eigenvalue weighted by molar-refractivity contribution is -0.144. The molecule has 1 aromatic carbocycles. The molecule has 1 aromatic rings. The highest BCUT2D eigenvalue weighted by molar-refractivity contribution is 6.35. The summed E-state index contributed by atoms with van der Waals surface area (Å²) < 4.78 is 4.96. The molecule has 0 unspecified atom stereocenters. The smallest absolute Gasteiger partial charge is 0.320 e. The fourth-order valence-electron chi connectivity index (χ4n) is 2.28. The first-order chi connectivity index (χ1) is 9.58. The van der Waals surface area contributed by atoms with Crippen LogP contribution in [0.3, 0.4) is 0 Å². The van der Waals surface area contributed by atoms with Gasteiger partial charge in [-0.2, -0.15) is 0 Å². The first kappa shape index (κ1) is 15.4. The van der Waals surface area contributed by atoms with Gasteiger partial charge < -0.3 is 9.64 Å². The molecule has 1 aliphatic rings. The molecule has 2 rings (SSSR count). The van der Waals surface area contributed by atoms with Gasteiger partial charge in [0.2, 0.25) is 0 Å². The van der Waals surface area contributed by atoms with E-state index in [1.165, 1.54) is 0 Å². The van der Waals surface area contributed by atoms with Crippen molar-refractivity contribution in [2.24, 2.45) is 0 Å². The van der Waals surface area contributed by atoms with Gasteiger partial charge in [0.25, 0.3) is 0 Å². The highest BCUT2D eigenvalue weighted by atomic mass is 35.5. The van der Waals surface area contributed by atoms with Crippen LogP contribution in [0, 0.1) is 0 Å². The van der Waals surface area contributed by atoms with Crippen molar-refractivity contribution < 1.29 is 9.53 Å². The third-order valence-electron chi connectivity index (χ3n) is 3.24. The zero-order valence-electron chi connectivity index (χ0n) is 11.4. The average Bonchev–Trinajstić information content (AvgIpc) is 2.38. The molecule has 0 spiro atoms. The van der Waals surface area contributed by atoms with Crippen molar-refractivity contribution in [2.45, 2.75) is 6.92 Å². The molecule has 0 bridgehead atoms.